The topological polar surface area (TPSA) is 60.2 Å². The fraction of sp³-hybridized carbons (Fsp3) is 0. The molecule has 0 fully saturated rings. The molecular formula is C15H8ClNO3S. The Kier molecular flexibility index (Phi) is 3.53. The molecule has 1 aliphatic rings. The van der Waals surface area contributed by atoms with E-state index in [1.165, 1.54) is 23.9 Å². The average molecular weight is 318 g/mol. The minimum Gasteiger partial charge on any atom is -0.288 e. The zero-order chi connectivity index (χ0) is 15.0. The van der Waals surface area contributed by atoms with Crippen LogP contribution in [0.25, 0.3) is 6.08 Å². The molecule has 0 spiro atoms. The van der Waals surface area contributed by atoms with E-state index in [9.17, 15) is 14.9 Å². The number of benzene rings is 2. The van der Waals surface area contributed by atoms with Crippen LogP contribution in [0.1, 0.15) is 15.9 Å². The molecule has 6 heteroatoms. The van der Waals surface area contributed by atoms with Gasteiger partial charge in [0.25, 0.3) is 5.69 Å². The number of nitrogens with zero attached hydrogens (tertiary/aromatic N) is 1. The van der Waals surface area contributed by atoms with E-state index in [2.05, 4.69) is 0 Å². The third kappa shape index (κ3) is 2.57. The van der Waals surface area contributed by atoms with Gasteiger partial charge in [0.15, 0.2) is 0 Å². The van der Waals surface area contributed by atoms with E-state index in [1.54, 1.807) is 18.2 Å². The van der Waals surface area contributed by atoms with E-state index in [0.717, 1.165) is 4.90 Å². The van der Waals surface area contributed by atoms with Crippen molar-refractivity contribution in [1.29, 1.82) is 0 Å². The van der Waals surface area contributed by atoms with Crippen molar-refractivity contribution in [3.63, 3.8) is 0 Å². The number of thioether (sulfide) groups is 1. The predicted molar refractivity (Wildman–Crippen MR) is 82.7 cm³/mol. The third-order valence-electron chi connectivity index (χ3n) is 3.04. The number of nitro benzene ring substituents is 1. The fourth-order valence-corrected chi connectivity index (χ4v) is 3.28. The summed E-state index contributed by atoms with van der Waals surface area (Å²) in [5.74, 6) is -0.0618. The van der Waals surface area contributed by atoms with Gasteiger partial charge in [0.05, 0.1) is 9.83 Å². The molecule has 0 aromatic heterocycles. The van der Waals surface area contributed by atoms with Gasteiger partial charge in [0, 0.05) is 16.5 Å². The second kappa shape index (κ2) is 5.35. The number of carbonyl (C=O) groups excluding carboxylic acids is 1. The predicted octanol–water partition coefficient (Wildman–Crippen LogP) is 4.58. The van der Waals surface area contributed by atoms with Crippen LogP contribution in [0.2, 0.25) is 5.02 Å². The molecule has 0 atom stereocenters. The highest BCUT2D eigenvalue weighted by atomic mass is 35.5. The van der Waals surface area contributed by atoms with Crippen molar-refractivity contribution in [1.82, 2.24) is 0 Å². The summed E-state index contributed by atoms with van der Waals surface area (Å²) in [5, 5.41) is 11.0. The first-order chi connectivity index (χ1) is 10.1. The van der Waals surface area contributed by atoms with Gasteiger partial charge in [-0.05, 0) is 29.8 Å². The van der Waals surface area contributed by atoms with Gasteiger partial charge in [-0.3, -0.25) is 14.9 Å². The molecule has 0 saturated heterocycles. The number of nitro groups is 1. The normalized spacial score (nSPS) is 15.3. The average Bonchev–Trinajstić information content (AvgIpc) is 2.78. The van der Waals surface area contributed by atoms with Gasteiger partial charge in [-0.1, -0.05) is 41.6 Å². The molecule has 0 saturated carbocycles. The monoisotopic (exact) mass is 317 g/mol. The molecule has 4 nitrogen and oxygen atoms in total. The van der Waals surface area contributed by atoms with Crippen LogP contribution in [0.4, 0.5) is 5.69 Å². The van der Waals surface area contributed by atoms with E-state index in [4.69, 9.17) is 11.6 Å². The largest absolute Gasteiger partial charge is 0.288 e. The molecule has 2 aromatic carbocycles. The van der Waals surface area contributed by atoms with Gasteiger partial charge >= 0.3 is 0 Å². The van der Waals surface area contributed by atoms with Gasteiger partial charge in [0.1, 0.15) is 5.02 Å². The number of allylic oxidation sites excluding steroid dienone is 1. The second-order valence-corrected chi connectivity index (χ2v) is 5.89. The van der Waals surface area contributed by atoms with Crippen molar-refractivity contribution in [3.05, 3.63) is 73.6 Å². The SMILES string of the molecule is O=C1C(=Cc2ccc(Cl)c([N+](=O)[O-])c2)Sc2ccccc21. The minimum absolute atomic E-state index is 0.0618. The Bertz CT molecular complexity index is 801. The number of hydrogen-bond donors (Lipinski definition) is 0. The number of fused-ring (bicyclic) bond motifs is 1. The molecular weight excluding hydrogens is 310 g/mol. The van der Waals surface area contributed by atoms with Gasteiger partial charge in [-0.25, -0.2) is 0 Å². The highest BCUT2D eigenvalue weighted by Crippen LogP contribution is 2.40. The third-order valence-corrected chi connectivity index (χ3v) is 4.46. The fourth-order valence-electron chi connectivity index (χ4n) is 2.05. The molecule has 3 rings (SSSR count). The number of rotatable bonds is 2. The van der Waals surface area contributed by atoms with Crippen molar-refractivity contribution >= 4 is 40.9 Å². The molecule has 1 aliphatic heterocycles. The molecule has 104 valence electrons. The van der Waals surface area contributed by atoms with Crippen LogP contribution in [0.5, 0.6) is 0 Å². The lowest BCUT2D eigenvalue weighted by atomic mass is 10.1. The van der Waals surface area contributed by atoms with Gasteiger partial charge < -0.3 is 0 Å². The Morgan fingerprint density at radius 2 is 1.95 bits per heavy atom. The summed E-state index contributed by atoms with van der Waals surface area (Å²) in [6, 6.07) is 11.8. The number of halogens is 1. The molecule has 0 amide bonds. The maximum Gasteiger partial charge on any atom is 0.288 e. The number of hydrogen-bond acceptors (Lipinski definition) is 4. The zero-order valence-electron chi connectivity index (χ0n) is 10.6. The standard InChI is InChI=1S/C15H8ClNO3S/c16-11-6-5-9(7-12(11)17(19)20)8-14-15(18)10-3-1-2-4-13(10)21-14/h1-8H. The van der Waals surface area contributed by atoms with Crippen LogP contribution in [0.3, 0.4) is 0 Å². The van der Waals surface area contributed by atoms with Crippen molar-refractivity contribution in [2.24, 2.45) is 0 Å². The van der Waals surface area contributed by atoms with Crippen LogP contribution < -0.4 is 0 Å². The summed E-state index contributed by atoms with van der Waals surface area (Å²) in [4.78, 5) is 24.0. The van der Waals surface area contributed by atoms with Crippen molar-refractivity contribution in [2.75, 3.05) is 0 Å². The molecule has 0 N–H and O–H groups in total. The van der Waals surface area contributed by atoms with Crippen molar-refractivity contribution in [3.8, 4) is 0 Å². The maximum absolute atomic E-state index is 12.2. The Morgan fingerprint density at radius 1 is 1.19 bits per heavy atom. The van der Waals surface area contributed by atoms with Crippen LogP contribution in [-0.2, 0) is 0 Å². The summed E-state index contributed by atoms with van der Waals surface area (Å²) in [6.45, 7) is 0. The summed E-state index contributed by atoms with van der Waals surface area (Å²) < 4.78 is 0. The maximum atomic E-state index is 12.2. The number of carbonyl (C=O) groups is 1. The molecule has 1 heterocycles. The summed E-state index contributed by atoms with van der Waals surface area (Å²) in [5.41, 5.74) is 1.07. The Hall–Kier alpha value is -2.11. The molecule has 21 heavy (non-hydrogen) atoms. The van der Waals surface area contributed by atoms with Gasteiger partial charge in [0.2, 0.25) is 5.78 Å². The highest BCUT2D eigenvalue weighted by molar-refractivity contribution is 8.04. The number of Topliss-reactive ketones (excluding diaryl/α,β-unsaturated/α-hetero) is 1. The van der Waals surface area contributed by atoms with Crippen LogP contribution >= 0.6 is 23.4 Å². The quantitative estimate of drug-likeness (QED) is 0.462. The molecule has 0 aliphatic carbocycles. The smallest absolute Gasteiger partial charge is 0.288 e. The first kappa shape index (κ1) is 13.9. The first-order valence-electron chi connectivity index (χ1n) is 6.03. The summed E-state index contributed by atoms with van der Waals surface area (Å²) in [7, 11) is 0. The first-order valence-corrected chi connectivity index (χ1v) is 7.23. The van der Waals surface area contributed by atoms with E-state index in [1.807, 2.05) is 18.2 Å². The van der Waals surface area contributed by atoms with Gasteiger partial charge in [-0.2, -0.15) is 0 Å². The van der Waals surface area contributed by atoms with Crippen molar-refractivity contribution < 1.29 is 9.72 Å². The van der Waals surface area contributed by atoms with E-state index in [-0.39, 0.29) is 16.5 Å². The van der Waals surface area contributed by atoms with Crippen LogP contribution in [0.15, 0.2) is 52.3 Å². The van der Waals surface area contributed by atoms with E-state index in [0.29, 0.717) is 16.0 Å². The molecule has 2 aromatic rings. The molecule has 0 radical (unpaired) electrons. The highest BCUT2D eigenvalue weighted by Gasteiger charge is 2.25. The summed E-state index contributed by atoms with van der Waals surface area (Å²) in [6.07, 6.45) is 1.65. The lowest BCUT2D eigenvalue weighted by molar-refractivity contribution is -0.384. The Balaban J connectivity index is 2.00. The number of ketones is 1. The van der Waals surface area contributed by atoms with Crippen LogP contribution in [-0.4, -0.2) is 10.7 Å². The molecule has 0 bridgehead atoms. The zero-order valence-corrected chi connectivity index (χ0v) is 12.1. The Morgan fingerprint density at radius 3 is 2.67 bits per heavy atom. The Labute approximate surface area is 129 Å². The second-order valence-electron chi connectivity index (χ2n) is 4.40. The van der Waals surface area contributed by atoms with Crippen LogP contribution in [0, 0.1) is 10.1 Å². The van der Waals surface area contributed by atoms with E-state index < -0.39 is 4.92 Å². The minimum atomic E-state index is -0.539. The lowest BCUT2D eigenvalue weighted by Crippen LogP contribution is -1.94. The molecule has 0 unspecified atom stereocenters. The summed E-state index contributed by atoms with van der Waals surface area (Å²) >= 11 is 7.14. The van der Waals surface area contributed by atoms with Crippen molar-refractivity contribution in [2.45, 2.75) is 4.90 Å². The van der Waals surface area contributed by atoms with Gasteiger partial charge in [-0.15, -0.1) is 0 Å². The lowest BCUT2D eigenvalue weighted by Gasteiger charge is -1.99. The van der Waals surface area contributed by atoms with E-state index >= 15 is 0 Å².